The number of benzene rings is 1. The predicted octanol–water partition coefficient (Wildman–Crippen LogP) is 3.28. The summed E-state index contributed by atoms with van der Waals surface area (Å²) in [6.07, 6.45) is -3.66. The molecule has 0 aromatic heterocycles. The number of nitrogens with zero attached hydrogens (tertiary/aromatic N) is 1. The second-order valence-electron chi connectivity index (χ2n) is 5.16. The Morgan fingerprint density at radius 2 is 2.14 bits per heavy atom. The molecular formula is C14H18F4N2S. The van der Waals surface area contributed by atoms with Gasteiger partial charge in [0.15, 0.2) is 0 Å². The van der Waals surface area contributed by atoms with Gasteiger partial charge >= 0.3 is 6.18 Å². The Morgan fingerprint density at radius 3 is 2.67 bits per heavy atom. The molecule has 0 aliphatic carbocycles. The number of alkyl halides is 3. The summed E-state index contributed by atoms with van der Waals surface area (Å²) in [5.41, 5.74) is 4.83. The Hall–Kier alpha value is -0.790. The number of thioether (sulfide) groups is 1. The van der Waals surface area contributed by atoms with Crippen LogP contribution in [-0.2, 0) is 6.18 Å². The second-order valence-corrected chi connectivity index (χ2v) is 6.31. The molecule has 0 saturated carbocycles. The van der Waals surface area contributed by atoms with Crippen LogP contribution in [0.4, 0.5) is 17.6 Å². The summed E-state index contributed by atoms with van der Waals surface area (Å²) in [6, 6.07) is 2.45. The van der Waals surface area contributed by atoms with Crippen LogP contribution in [-0.4, -0.2) is 36.0 Å². The highest BCUT2D eigenvalue weighted by molar-refractivity contribution is 7.99. The van der Waals surface area contributed by atoms with Gasteiger partial charge in [-0.15, -0.1) is 0 Å². The molecule has 21 heavy (non-hydrogen) atoms. The molecule has 0 bridgehead atoms. The molecule has 0 amide bonds. The smallest absolute Gasteiger partial charge is 0.329 e. The molecule has 2 rings (SSSR count). The summed E-state index contributed by atoms with van der Waals surface area (Å²) in [5.74, 6) is 0.998. The standard InChI is InChI=1S/C14H18F4N2S/c1-20(10-4-5-21-8-10)13(7-19)11-3-2-9(15)6-12(11)14(16,17)18/h2-3,6,10,13H,4-5,7-8,19H2,1H3. The van der Waals surface area contributed by atoms with Crippen LogP contribution >= 0.6 is 11.8 Å². The van der Waals surface area contributed by atoms with Gasteiger partial charge in [-0.05, 0) is 36.9 Å². The van der Waals surface area contributed by atoms with Gasteiger partial charge in [0.2, 0.25) is 0 Å². The molecule has 1 aromatic carbocycles. The highest BCUT2D eigenvalue weighted by Crippen LogP contribution is 2.37. The third-order valence-corrected chi connectivity index (χ3v) is 5.02. The molecule has 1 fully saturated rings. The van der Waals surface area contributed by atoms with E-state index in [1.54, 1.807) is 18.8 Å². The van der Waals surface area contributed by atoms with Crippen molar-refractivity contribution in [3.05, 3.63) is 35.1 Å². The highest BCUT2D eigenvalue weighted by atomic mass is 32.2. The first-order valence-electron chi connectivity index (χ1n) is 6.71. The monoisotopic (exact) mass is 322 g/mol. The lowest BCUT2D eigenvalue weighted by atomic mass is 9.97. The van der Waals surface area contributed by atoms with Crippen LogP contribution in [0.3, 0.4) is 0 Å². The van der Waals surface area contributed by atoms with Gasteiger partial charge < -0.3 is 5.73 Å². The van der Waals surface area contributed by atoms with E-state index in [2.05, 4.69) is 0 Å². The topological polar surface area (TPSA) is 29.3 Å². The maximum atomic E-state index is 13.2. The average Bonchev–Trinajstić information content (AvgIpc) is 2.93. The minimum atomic E-state index is -4.59. The van der Waals surface area contributed by atoms with Crippen LogP contribution in [0.1, 0.15) is 23.6 Å². The first-order valence-corrected chi connectivity index (χ1v) is 7.86. The van der Waals surface area contributed by atoms with Crippen molar-refractivity contribution >= 4 is 11.8 Å². The molecule has 2 nitrogen and oxygen atoms in total. The first kappa shape index (κ1) is 16.6. The van der Waals surface area contributed by atoms with Gasteiger partial charge in [0, 0.05) is 24.4 Å². The number of nitrogens with two attached hydrogens (primary N) is 1. The molecule has 1 heterocycles. The quantitative estimate of drug-likeness (QED) is 0.863. The van der Waals surface area contributed by atoms with Crippen LogP contribution in [0.15, 0.2) is 18.2 Å². The maximum absolute atomic E-state index is 13.2. The van der Waals surface area contributed by atoms with Gasteiger partial charge in [-0.3, -0.25) is 4.90 Å². The molecule has 118 valence electrons. The first-order chi connectivity index (χ1) is 9.84. The van der Waals surface area contributed by atoms with Gasteiger partial charge in [-0.2, -0.15) is 24.9 Å². The lowest BCUT2D eigenvalue weighted by Crippen LogP contribution is -2.39. The van der Waals surface area contributed by atoms with Crippen molar-refractivity contribution in [2.45, 2.75) is 24.7 Å². The number of hydrogen-bond acceptors (Lipinski definition) is 3. The lowest BCUT2D eigenvalue weighted by Gasteiger charge is -2.33. The van der Waals surface area contributed by atoms with Crippen molar-refractivity contribution in [1.82, 2.24) is 4.90 Å². The van der Waals surface area contributed by atoms with E-state index >= 15 is 0 Å². The molecule has 2 unspecified atom stereocenters. The third-order valence-electron chi connectivity index (χ3n) is 3.88. The van der Waals surface area contributed by atoms with Crippen LogP contribution in [0.25, 0.3) is 0 Å². The zero-order valence-corrected chi connectivity index (χ0v) is 12.5. The Labute approximate surface area is 125 Å². The molecular weight excluding hydrogens is 304 g/mol. The van der Waals surface area contributed by atoms with Crippen molar-refractivity contribution in [1.29, 1.82) is 0 Å². The van der Waals surface area contributed by atoms with E-state index in [9.17, 15) is 17.6 Å². The molecule has 1 saturated heterocycles. The fourth-order valence-corrected chi connectivity index (χ4v) is 3.95. The largest absolute Gasteiger partial charge is 0.416 e. The van der Waals surface area contributed by atoms with Crippen LogP contribution < -0.4 is 5.73 Å². The summed E-state index contributed by atoms with van der Waals surface area (Å²) >= 11 is 1.78. The zero-order valence-electron chi connectivity index (χ0n) is 11.7. The van der Waals surface area contributed by atoms with E-state index < -0.39 is 23.6 Å². The lowest BCUT2D eigenvalue weighted by molar-refractivity contribution is -0.139. The number of halogens is 4. The molecule has 0 spiro atoms. The molecule has 1 aliphatic rings. The molecule has 1 aliphatic heterocycles. The number of likely N-dealkylation sites (N-methyl/N-ethyl adjacent to an activating group) is 1. The Kier molecular flexibility index (Phi) is 5.16. The van der Waals surface area contributed by atoms with Crippen LogP contribution in [0, 0.1) is 5.82 Å². The normalized spacial score (nSPS) is 21.0. The van der Waals surface area contributed by atoms with E-state index in [1.807, 2.05) is 4.90 Å². The molecule has 0 radical (unpaired) electrons. The zero-order chi connectivity index (χ0) is 15.6. The van der Waals surface area contributed by atoms with Crippen molar-refractivity contribution in [2.75, 3.05) is 25.1 Å². The predicted molar refractivity (Wildman–Crippen MR) is 76.7 cm³/mol. The van der Waals surface area contributed by atoms with E-state index in [0.29, 0.717) is 6.07 Å². The fourth-order valence-electron chi connectivity index (χ4n) is 2.67. The van der Waals surface area contributed by atoms with Crippen LogP contribution in [0.2, 0.25) is 0 Å². The van der Waals surface area contributed by atoms with Crippen molar-refractivity contribution in [3.8, 4) is 0 Å². The summed E-state index contributed by atoms with van der Waals surface area (Å²) in [6.45, 7) is 0.0619. The van der Waals surface area contributed by atoms with Crippen molar-refractivity contribution < 1.29 is 17.6 Å². The maximum Gasteiger partial charge on any atom is 0.416 e. The Balaban J connectivity index is 2.37. The van der Waals surface area contributed by atoms with E-state index in [1.165, 1.54) is 6.07 Å². The highest BCUT2D eigenvalue weighted by Gasteiger charge is 2.37. The van der Waals surface area contributed by atoms with Crippen LogP contribution in [0.5, 0.6) is 0 Å². The van der Waals surface area contributed by atoms with E-state index in [-0.39, 0.29) is 18.2 Å². The minimum Gasteiger partial charge on any atom is -0.329 e. The molecule has 2 N–H and O–H groups in total. The Morgan fingerprint density at radius 1 is 1.43 bits per heavy atom. The van der Waals surface area contributed by atoms with Gasteiger partial charge in [-0.1, -0.05) is 6.07 Å². The Bertz CT molecular complexity index is 486. The third kappa shape index (κ3) is 3.70. The van der Waals surface area contributed by atoms with Gasteiger partial charge in [0.05, 0.1) is 5.56 Å². The average molecular weight is 322 g/mol. The van der Waals surface area contributed by atoms with Gasteiger partial charge in [-0.25, -0.2) is 4.39 Å². The van der Waals surface area contributed by atoms with E-state index in [0.717, 1.165) is 24.0 Å². The molecule has 2 atom stereocenters. The molecule has 1 aromatic rings. The van der Waals surface area contributed by atoms with Crippen molar-refractivity contribution in [3.63, 3.8) is 0 Å². The number of hydrogen-bond donors (Lipinski definition) is 1. The molecule has 7 heteroatoms. The summed E-state index contributed by atoms with van der Waals surface area (Å²) in [7, 11) is 1.79. The SMILES string of the molecule is CN(C1CCSC1)C(CN)c1ccc(F)cc1C(F)(F)F. The van der Waals surface area contributed by atoms with Gasteiger partial charge in [0.1, 0.15) is 5.82 Å². The summed E-state index contributed by atoms with van der Waals surface area (Å²) < 4.78 is 52.6. The van der Waals surface area contributed by atoms with Gasteiger partial charge in [0.25, 0.3) is 0 Å². The van der Waals surface area contributed by atoms with E-state index in [4.69, 9.17) is 5.73 Å². The minimum absolute atomic E-state index is 0.0470. The number of rotatable bonds is 4. The second kappa shape index (κ2) is 6.54. The fraction of sp³-hybridized carbons (Fsp3) is 0.571. The van der Waals surface area contributed by atoms with Crippen molar-refractivity contribution in [2.24, 2.45) is 5.73 Å². The summed E-state index contributed by atoms with van der Waals surface area (Å²) in [4.78, 5) is 1.89. The summed E-state index contributed by atoms with van der Waals surface area (Å²) in [5, 5.41) is 0.